The maximum Gasteiger partial charge on any atom is 0.277 e. The van der Waals surface area contributed by atoms with Crippen molar-refractivity contribution < 1.29 is 23.4 Å². The van der Waals surface area contributed by atoms with Gasteiger partial charge in [0.25, 0.3) is 5.56 Å². The van der Waals surface area contributed by atoms with Gasteiger partial charge in [-0.05, 0) is 49.2 Å². The van der Waals surface area contributed by atoms with E-state index in [4.69, 9.17) is 21.4 Å². The lowest BCUT2D eigenvalue weighted by atomic mass is 10.1. The van der Waals surface area contributed by atoms with E-state index in [0.717, 1.165) is 23.4 Å². The molecule has 0 saturated carbocycles. The number of fused-ring (bicyclic) bond motifs is 1. The maximum absolute atomic E-state index is 13.9. The number of aryl methyl sites for hydroxylation is 1. The highest BCUT2D eigenvalue weighted by Crippen LogP contribution is 2.31. The zero-order valence-corrected chi connectivity index (χ0v) is 18.5. The van der Waals surface area contributed by atoms with Crippen LogP contribution in [0, 0.1) is 18.6 Å². The number of nitrogens with zero attached hydrogens (tertiary/aromatic N) is 2. The molecule has 2 aromatic carbocycles. The van der Waals surface area contributed by atoms with E-state index in [9.17, 15) is 18.4 Å². The maximum atomic E-state index is 13.9. The number of halogens is 3. The fourth-order valence-corrected chi connectivity index (χ4v) is 4.11. The standard InChI is InChI=1S/C24H21ClF2N2O4/c1-14-10-21(33-13-16-2-3-17(26)12-19(16)27)23(25)24(32)29(14)18-4-5-20-15(11-18)6-8-28(20)22(31)7-9-30/h2-5,10-12,30H,6-9,13H2,1H3. The molecule has 2 heterocycles. The summed E-state index contributed by atoms with van der Waals surface area (Å²) in [6.07, 6.45) is 0.685. The second kappa shape index (κ2) is 9.33. The Balaban J connectivity index is 1.62. The Morgan fingerprint density at radius 3 is 2.70 bits per heavy atom. The average Bonchev–Trinajstić information content (AvgIpc) is 3.20. The summed E-state index contributed by atoms with van der Waals surface area (Å²) in [6, 6.07) is 10.1. The zero-order chi connectivity index (χ0) is 23.7. The van der Waals surface area contributed by atoms with Crippen LogP contribution in [0.4, 0.5) is 14.5 Å². The predicted octanol–water partition coefficient (Wildman–Crippen LogP) is 3.93. The van der Waals surface area contributed by atoms with Gasteiger partial charge in [0.15, 0.2) is 0 Å². The minimum Gasteiger partial charge on any atom is -0.487 e. The summed E-state index contributed by atoms with van der Waals surface area (Å²) in [7, 11) is 0. The van der Waals surface area contributed by atoms with Crippen LogP contribution in [0.25, 0.3) is 5.69 Å². The third kappa shape index (κ3) is 4.49. The number of benzene rings is 2. The van der Waals surface area contributed by atoms with Crippen molar-refractivity contribution >= 4 is 23.2 Å². The van der Waals surface area contributed by atoms with Crippen LogP contribution in [0.1, 0.15) is 23.2 Å². The molecule has 0 aliphatic carbocycles. The first kappa shape index (κ1) is 22.9. The van der Waals surface area contributed by atoms with Crippen LogP contribution in [-0.4, -0.2) is 28.7 Å². The topological polar surface area (TPSA) is 71.8 Å². The molecule has 0 fully saturated rings. The van der Waals surface area contributed by atoms with Crippen molar-refractivity contribution in [1.29, 1.82) is 0 Å². The largest absolute Gasteiger partial charge is 0.487 e. The lowest BCUT2D eigenvalue weighted by Gasteiger charge is -2.18. The molecule has 1 aliphatic rings. The molecule has 6 nitrogen and oxygen atoms in total. The number of hydrogen-bond acceptors (Lipinski definition) is 4. The van der Waals surface area contributed by atoms with Crippen molar-refractivity contribution in [3.8, 4) is 11.4 Å². The van der Waals surface area contributed by atoms with Gasteiger partial charge in [0, 0.05) is 41.3 Å². The molecule has 0 bridgehead atoms. The van der Waals surface area contributed by atoms with E-state index in [2.05, 4.69) is 0 Å². The van der Waals surface area contributed by atoms with Crippen molar-refractivity contribution in [2.45, 2.75) is 26.4 Å². The molecule has 0 radical (unpaired) electrons. The third-order valence-electron chi connectivity index (χ3n) is 5.54. The van der Waals surface area contributed by atoms with E-state index in [0.29, 0.717) is 24.3 Å². The van der Waals surface area contributed by atoms with Crippen LogP contribution in [0.2, 0.25) is 5.02 Å². The van der Waals surface area contributed by atoms with E-state index in [-0.39, 0.29) is 41.9 Å². The molecule has 1 aliphatic heterocycles. The lowest BCUT2D eigenvalue weighted by Crippen LogP contribution is -2.29. The Kier molecular flexibility index (Phi) is 6.49. The number of aromatic nitrogens is 1. The lowest BCUT2D eigenvalue weighted by molar-refractivity contribution is -0.119. The monoisotopic (exact) mass is 474 g/mol. The smallest absolute Gasteiger partial charge is 0.277 e. The first-order valence-electron chi connectivity index (χ1n) is 10.3. The Bertz CT molecular complexity index is 1290. The fraction of sp³-hybridized carbons (Fsp3) is 0.250. The molecule has 9 heteroatoms. The van der Waals surface area contributed by atoms with Gasteiger partial charge >= 0.3 is 0 Å². The molecule has 0 spiro atoms. The number of pyridine rings is 1. The number of ether oxygens (including phenoxy) is 1. The summed E-state index contributed by atoms with van der Waals surface area (Å²) in [5, 5.41) is 8.87. The van der Waals surface area contributed by atoms with E-state index >= 15 is 0 Å². The summed E-state index contributed by atoms with van der Waals surface area (Å²) in [5.41, 5.74) is 2.44. The van der Waals surface area contributed by atoms with E-state index in [1.165, 1.54) is 10.6 Å². The van der Waals surface area contributed by atoms with Gasteiger partial charge in [0.2, 0.25) is 5.91 Å². The summed E-state index contributed by atoms with van der Waals surface area (Å²) >= 11 is 6.28. The highest BCUT2D eigenvalue weighted by molar-refractivity contribution is 6.31. The van der Waals surface area contributed by atoms with Gasteiger partial charge in [-0.1, -0.05) is 11.6 Å². The van der Waals surface area contributed by atoms with Crippen LogP contribution in [0.15, 0.2) is 47.3 Å². The quantitative estimate of drug-likeness (QED) is 0.587. The molecule has 1 amide bonds. The normalized spacial score (nSPS) is 12.7. The van der Waals surface area contributed by atoms with Crippen LogP contribution in [0.5, 0.6) is 5.75 Å². The zero-order valence-electron chi connectivity index (χ0n) is 17.8. The molecular weight excluding hydrogens is 454 g/mol. The third-order valence-corrected chi connectivity index (χ3v) is 5.89. The second-order valence-electron chi connectivity index (χ2n) is 7.71. The Morgan fingerprint density at radius 2 is 1.97 bits per heavy atom. The Hall–Kier alpha value is -3.23. The molecular formula is C24H21ClF2N2O4. The molecule has 33 heavy (non-hydrogen) atoms. The number of amides is 1. The number of carbonyl (C=O) groups excluding carboxylic acids is 1. The van der Waals surface area contributed by atoms with E-state index in [1.807, 2.05) is 6.07 Å². The second-order valence-corrected chi connectivity index (χ2v) is 8.09. The van der Waals surface area contributed by atoms with Crippen LogP contribution < -0.4 is 15.2 Å². The van der Waals surface area contributed by atoms with Gasteiger partial charge in [-0.3, -0.25) is 14.2 Å². The van der Waals surface area contributed by atoms with E-state index < -0.39 is 17.2 Å². The highest BCUT2D eigenvalue weighted by atomic mass is 35.5. The van der Waals surface area contributed by atoms with Crippen molar-refractivity contribution in [2.24, 2.45) is 0 Å². The summed E-state index contributed by atoms with van der Waals surface area (Å²) in [6.45, 7) is 1.80. The van der Waals surface area contributed by atoms with Crippen molar-refractivity contribution in [3.63, 3.8) is 0 Å². The average molecular weight is 475 g/mol. The SMILES string of the molecule is Cc1cc(OCc2ccc(F)cc2F)c(Cl)c(=O)n1-c1ccc2c(c1)CCN2C(=O)CCO. The van der Waals surface area contributed by atoms with Gasteiger partial charge < -0.3 is 14.7 Å². The van der Waals surface area contributed by atoms with Gasteiger partial charge in [-0.25, -0.2) is 8.78 Å². The summed E-state index contributed by atoms with van der Waals surface area (Å²) in [5.74, 6) is -1.50. The van der Waals surface area contributed by atoms with Crippen molar-refractivity contribution in [1.82, 2.24) is 4.57 Å². The number of hydrogen-bond donors (Lipinski definition) is 1. The number of carbonyl (C=O) groups is 1. The number of anilines is 1. The number of rotatable bonds is 6. The van der Waals surface area contributed by atoms with Gasteiger partial charge in [-0.15, -0.1) is 0 Å². The molecule has 4 rings (SSSR count). The van der Waals surface area contributed by atoms with Crippen molar-refractivity contribution in [3.05, 3.63) is 86.3 Å². The molecule has 172 valence electrons. The molecule has 0 unspecified atom stereocenters. The molecule has 3 aromatic rings. The molecule has 1 aromatic heterocycles. The molecule has 0 saturated heterocycles. The van der Waals surface area contributed by atoms with Gasteiger partial charge in [0.1, 0.15) is 29.0 Å². The number of aliphatic hydroxyl groups excluding tert-OH is 1. The van der Waals surface area contributed by atoms with Crippen LogP contribution in [0.3, 0.4) is 0 Å². The van der Waals surface area contributed by atoms with Crippen LogP contribution in [-0.2, 0) is 17.8 Å². The first-order chi connectivity index (χ1) is 15.8. The van der Waals surface area contributed by atoms with Gasteiger partial charge in [-0.2, -0.15) is 0 Å². The Morgan fingerprint density at radius 1 is 1.18 bits per heavy atom. The van der Waals surface area contributed by atoms with Crippen molar-refractivity contribution in [2.75, 3.05) is 18.1 Å². The van der Waals surface area contributed by atoms with Gasteiger partial charge in [0.05, 0.1) is 13.0 Å². The highest BCUT2D eigenvalue weighted by Gasteiger charge is 2.25. The van der Waals surface area contributed by atoms with E-state index in [1.54, 1.807) is 30.0 Å². The minimum atomic E-state index is -0.749. The number of aliphatic hydroxyl groups is 1. The predicted molar refractivity (Wildman–Crippen MR) is 120 cm³/mol. The summed E-state index contributed by atoms with van der Waals surface area (Å²) in [4.78, 5) is 26.8. The molecule has 1 N–H and O–H groups in total. The van der Waals surface area contributed by atoms with Crippen LogP contribution >= 0.6 is 11.6 Å². The summed E-state index contributed by atoms with van der Waals surface area (Å²) < 4.78 is 34.0. The fourth-order valence-electron chi connectivity index (χ4n) is 3.92. The molecule has 0 atom stereocenters. The minimum absolute atomic E-state index is 0.0542. The first-order valence-corrected chi connectivity index (χ1v) is 10.7. The Labute approximate surface area is 193 Å².